The summed E-state index contributed by atoms with van der Waals surface area (Å²) in [6.45, 7) is 2.68. The first-order valence-corrected chi connectivity index (χ1v) is 27.8. The zero-order chi connectivity index (χ0) is 61.6. The highest BCUT2D eigenvalue weighted by atomic mass is 16.5. The highest BCUT2D eigenvalue weighted by Gasteiger charge is 2.37. The summed E-state index contributed by atoms with van der Waals surface area (Å²) in [6, 6.07) is 21.4. The van der Waals surface area contributed by atoms with Gasteiger partial charge in [0.15, 0.2) is 52.4 Å². The molecule has 0 saturated carbocycles. The number of hydrogen-bond acceptors (Lipinski definition) is 16. The number of nitrogens with zero attached hydrogens (tertiary/aromatic N) is 4. The molecule has 4 aromatic heterocycles. The minimum atomic E-state index is -0.862. The Hall–Kier alpha value is -10.7. The van der Waals surface area contributed by atoms with E-state index in [0.29, 0.717) is 137 Å². The number of benzene rings is 4. The first-order valence-electron chi connectivity index (χ1n) is 27.8. The number of aryl methyl sites for hydroxylation is 2. The summed E-state index contributed by atoms with van der Waals surface area (Å²) in [5, 5.41) is 12.8. The Kier molecular flexibility index (Phi) is 19.8. The number of urea groups is 2. The van der Waals surface area contributed by atoms with Crippen LogP contribution in [0, 0.1) is 0 Å². The molecule has 24 nitrogen and oxygen atoms in total. The van der Waals surface area contributed by atoms with Crippen molar-refractivity contribution in [3.05, 3.63) is 144 Å². The molecule has 87 heavy (non-hydrogen) atoms. The normalized spacial score (nSPS) is 13.4. The van der Waals surface area contributed by atoms with Crippen LogP contribution in [0.1, 0.15) is 59.3 Å². The Morgan fingerprint density at radius 3 is 1.41 bits per heavy atom. The van der Waals surface area contributed by atoms with Crippen molar-refractivity contribution >= 4 is 85.8 Å². The standard InChI is InChI=1S/C32H33N5O8.C31H33N5O6/c1-42-26-11-19(12-27(43-2)31(26)44-3)29-24(39)14-25(40)30(29)22-16-37(23-8-5-4-7-21(22)23)10-6-9-34-32(41)36-28(45-18-38)13-20-15-33-17-35-20;1-40-26-13-19(14-27(41-2)30(26)42-3)28-24(37)15-25(38)29(28)22-17-36(23-8-5-4-7-21(22)23)12-6-10-33-31(39)34-11-9-20-16-32-18-35-20/h4-5,7-8,11-12,15-18,28H,6,9-10,13-14H2,1-3H3,(H,33,35)(H2,34,36,41);4-5,7-8,13-14,16-18H,6,9-12,15H2,1-3H3,(H,32,35)(H2,33,34,39). The van der Waals surface area contributed by atoms with Gasteiger partial charge in [0.1, 0.15) is 0 Å². The second kappa shape index (κ2) is 28.3. The second-order valence-corrected chi connectivity index (χ2v) is 20.0. The number of aromatic nitrogens is 6. The summed E-state index contributed by atoms with van der Waals surface area (Å²) in [7, 11) is 8.99. The van der Waals surface area contributed by atoms with E-state index in [1.54, 1.807) is 43.0 Å². The number of hydrogen-bond donors (Lipinski definition) is 6. The van der Waals surface area contributed by atoms with E-state index in [1.807, 2.05) is 65.5 Å². The topological polar surface area (TPSA) is 299 Å². The van der Waals surface area contributed by atoms with Crippen molar-refractivity contribution < 1.29 is 66.7 Å². The number of para-hydroxylation sites is 2. The number of amides is 4. The van der Waals surface area contributed by atoms with Gasteiger partial charge in [-0.25, -0.2) is 19.6 Å². The lowest BCUT2D eigenvalue weighted by molar-refractivity contribution is -0.134. The highest BCUT2D eigenvalue weighted by Crippen LogP contribution is 2.47. The summed E-state index contributed by atoms with van der Waals surface area (Å²) in [5.74, 6) is 1.25. The minimum absolute atomic E-state index is 0.208. The Morgan fingerprint density at radius 2 is 0.989 bits per heavy atom. The van der Waals surface area contributed by atoms with Gasteiger partial charge in [0, 0.05) is 137 Å². The van der Waals surface area contributed by atoms with Crippen molar-refractivity contribution in [3.8, 4) is 34.5 Å². The molecule has 4 aromatic carbocycles. The molecule has 1 unspecified atom stereocenters. The van der Waals surface area contributed by atoms with Gasteiger partial charge in [0.25, 0.3) is 6.47 Å². The number of imidazole rings is 2. The molecule has 0 bridgehead atoms. The largest absolute Gasteiger partial charge is 0.493 e. The van der Waals surface area contributed by atoms with E-state index in [2.05, 4.69) is 45.8 Å². The molecule has 4 heterocycles. The number of Topliss-reactive ketones (excluding diaryl/α,β-unsaturated/α-hetero) is 4. The van der Waals surface area contributed by atoms with Crippen LogP contribution in [0.25, 0.3) is 44.1 Å². The van der Waals surface area contributed by atoms with Gasteiger partial charge in [-0.3, -0.25) is 24.0 Å². The molecular weight excluding hydrogens is 1120 g/mol. The monoisotopic (exact) mass is 1190 g/mol. The molecule has 10 rings (SSSR count). The molecule has 4 amide bonds. The molecule has 0 aliphatic heterocycles. The lowest BCUT2D eigenvalue weighted by atomic mass is 9.95. The Balaban J connectivity index is 0.000000208. The maximum absolute atomic E-state index is 13.4. The van der Waals surface area contributed by atoms with Crippen molar-refractivity contribution in [2.45, 2.75) is 57.8 Å². The highest BCUT2D eigenvalue weighted by molar-refractivity contribution is 6.52. The van der Waals surface area contributed by atoms with Gasteiger partial charge in [-0.2, -0.15) is 0 Å². The number of fused-ring (bicyclic) bond motifs is 2. The Morgan fingerprint density at radius 1 is 0.563 bits per heavy atom. The van der Waals surface area contributed by atoms with E-state index < -0.39 is 12.3 Å². The third-order valence-electron chi connectivity index (χ3n) is 14.7. The number of carbonyl (C=O) groups is 7. The van der Waals surface area contributed by atoms with Crippen LogP contribution < -0.4 is 49.7 Å². The maximum atomic E-state index is 13.4. The SMILES string of the molecule is COc1cc(C2=C(c3cn(CCCNC(=O)NC(Cc4cnc[nH]4)OC=O)c4ccccc34)C(=O)CC2=O)cc(OC)c1OC.COc1cc(C2=C(c3cn(CCCNC(=O)NCCc4cnc[nH]4)c4ccccc34)C(=O)CC2=O)cc(OC)c1OC. The predicted molar refractivity (Wildman–Crippen MR) is 322 cm³/mol. The molecule has 0 fully saturated rings. The van der Waals surface area contributed by atoms with Gasteiger partial charge in [0.2, 0.25) is 11.5 Å². The number of ether oxygens (including phenoxy) is 7. The van der Waals surface area contributed by atoms with Crippen LogP contribution in [-0.2, 0) is 54.6 Å². The van der Waals surface area contributed by atoms with Gasteiger partial charge in [-0.15, -0.1) is 0 Å². The smallest absolute Gasteiger partial charge is 0.317 e. The molecule has 1 atom stereocenters. The number of aromatic amines is 2. The fourth-order valence-electron chi connectivity index (χ4n) is 10.8. The van der Waals surface area contributed by atoms with Crippen molar-refractivity contribution in [2.24, 2.45) is 0 Å². The van der Waals surface area contributed by atoms with Gasteiger partial charge in [-0.05, 0) is 60.4 Å². The molecule has 0 radical (unpaired) electrons. The Bertz CT molecular complexity index is 3870. The van der Waals surface area contributed by atoms with Crippen molar-refractivity contribution in [3.63, 3.8) is 0 Å². The summed E-state index contributed by atoms with van der Waals surface area (Å²) in [6.07, 6.45) is 11.0. The fourth-order valence-corrected chi connectivity index (χ4v) is 10.8. The molecule has 0 saturated heterocycles. The van der Waals surface area contributed by atoms with Gasteiger partial charge >= 0.3 is 12.1 Å². The first-order chi connectivity index (χ1) is 42.3. The van der Waals surface area contributed by atoms with E-state index in [1.165, 1.54) is 49.0 Å². The summed E-state index contributed by atoms with van der Waals surface area (Å²) in [4.78, 5) is 103. The summed E-state index contributed by atoms with van der Waals surface area (Å²) < 4.78 is 41.9. The van der Waals surface area contributed by atoms with Crippen LogP contribution in [0.3, 0.4) is 0 Å². The number of nitrogens with one attached hydrogen (secondary N) is 6. The van der Waals surface area contributed by atoms with E-state index in [-0.39, 0.29) is 54.9 Å². The van der Waals surface area contributed by atoms with Crippen LogP contribution in [-0.4, -0.2) is 139 Å². The van der Waals surface area contributed by atoms with E-state index in [9.17, 15) is 33.6 Å². The number of carbonyl (C=O) groups excluding carboxylic acids is 7. The van der Waals surface area contributed by atoms with Crippen LogP contribution in [0.15, 0.2) is 110 Å². The van der Waals surface area contributed by atoms with Crippen LogP contribution >= 0.6 is 0 Å². The van der Waals surface area contributed by atoms with Crippen LogP contribution in [0.5, 0.6) is 34.5 Å². The van der Waals surface area contributed by atoms with Gasteiger partial charge in [0.05, 0.1) is 68.2 Å². The van der Waals surface area contributed by atoms with Crippen LogP contribution in [0.2, 0.25) is 0 Å². The van der Waals surface area contributed by atoms with Crippen molar-refractivity contribution in [1.82, 2.24) is 50.3 Å². The lowest BCUT2D eigenvalue weighted by Gasteiger charge is -2.16. The molecule has 24 heteroatoms. The van der Waals surface area contributed by atoms with E-state index in [0.717, 1.165) is 27.5 Å². The average Bonchev–Trinajstić information content (AvgIpc) is 1.72. The molecule has 452 valence electrons. The second-order valence-electron chi connectivity index (χ2n) is 20.0. The number of ketones is 4. The zero-order valence-electron chi connectivity index (χ0n) is 48.8. The molecule has 2 aliphatic carbocycles. The molecule has 0 spiro atoms. The lowest BCUT2D eigenvalue weighted by Crippen LogP contribution is -2.44. The zero-order valence-corrected chi connectivity index (χ0v) is 48.8. The van der Waals surface area contributed by atoms with Crippen LogP contribution in [0.4, 0.5) is 9.59 Å². The molecule has 6 N–H and O–H groups in total. The third-order valence-corrected chi connectivity index (χ3v) is 14.7. The summed E-state index contributed by atoms with van der Waals surface area (Å²) >= 11 is 0. The number of methoxy groups -OCH3 is 6. The van der Waals surface area contributed by atoms with Crippen molar-refractivity contribution in [2.75, 3.05) is 62.3 Å². The maximum Gasteiger partial charge on any atom is 0.317 e. The number of rotatable bonds is 26. The molecule has 2 aliphatic rings. The Labute approximate surface area is 499 Å². The minimum Gasteiger partial charge on any atom is -0.493 e. The number of H-pyrrole nitrogens is 2. The quantitative estimate of drug-likeness (QED) is 0.0137. The van der Waals surface area contributed by atoms with E-state index in [4.69, 9.17) is 33.2 Å². The van der Waals surface area contributed by atoms with Crippen molar-refractivity contribution in [1.29, 1.82) is 0 Å². The van der Waals surface area contributed by atoms with Gasteiger partial charge < -0.3 is 73.5 Å². The average molecular weight is 1190 g/mol. The first kappa shape index (κ1) is 60.9. The summed E-state index contributed by atoms with van der Waals surface area (Å²) in [5.41, 5.74) is 7.14. The third kappa shape index (κ3) is 13.6. The molecule has 8 aromatic rings. The van der Waals surface area contributed by atoms with E-state index >= 15 is 0 Å². The number of allylic oxidation sites excluding steroid dienone is 4. The van der Waals surface area contributed by atoms with Gasteiger partial charge in [-0.1, -0.05) is 36.4 Å². The molecular formula is C63H66N10O14. The predicted octanol–water partition coefficient (Wildman–Crippen LogP) is 7.05. The fraction of sp³-hybridized carbons (Fsp3) is 0.286.